The van der Waals surface area contributed by atoms with E-state index in [0.29, 0.717) is 23.2 Å². The van der Waals surface area contributed by atoms with Gasteiger partial charge in [-0.15, -0.1) is 0 Å². The molecule has 0 bridgehead atoms. The molecule has 1 aliphatic rings. The smallest absolute Gasteiger partial charge is 0.338 e. The number of aldehydes is 1. The van der Waals surface area contributed by atoms with Gasteiger partial charge in [0.2, 0.25) is 0 Å². The van der Waals surface area contributed by atoms with Crippen molar-refractivity contribution in [1.29, 1.82) is 0 Å². The summed E-state index contributed by atoms with van der Waals surface area (Å²) >= 11 is 5.98. The number of halogens is 1. The number of nitrogens with zero attached hydrogens (tertiary/aromatic N) is 1. The van der Waals surface area contributed by atoms with Crippen molar-refractivity contribution in [3.8, 4) is 0 Å². The van der Waals surface area contributed by atoms with Crippen LogP contribution in [-0.4, -0.2) is 32.0 Å². The first-order valence-electron chi connectivity index (χ1n) is 9.37. The lowest BCUT2D eigenvalue weighted by molar-refractivity contribution is -0.106. The Balaban J connectivity index is 0.000000878. The quantitative estimate of drug-likeness (QED) is 0.569. The van der Waals surface area contributed by atoms with E-state index in [4.69, 9.17) is 21.1 Å². The van der Waals surface area contributed by atoms with Gasteiger partial charge < -0.3 is 19.7 Å². The van der Waals surface area contributed by atoms with Gasteiger partial charge in [-0.25, -0.2) is 4.79 Å². The van der Waals surface area contributed by atoms with Gasteiger partial charge in [0, 0.05) is 29.5 Å². The zero-order valence-corrected chi connectivity index (χ0v) is 17.5. The molecule has 6 heteroatoms. The molecule has 2 atom stereocenters. The van der Waals surface area contributed by atoms with Crippen LogP contribution < -0.4 is 10.2 Å². The average Bonchev–Trinajstić information content (AvgIpc) is 2.68. The number of hydrogen-bond donors (Lipinski definition) is 1. The van der Waals surface area contributed by atoms with Crippen molar-refractivity contribution in [3.63, 3.8) is 0 Å². The molecule has 0 aromatic heterocycles. The van der Waals surface area contributed by atoms with Crippen LogP contribution >= 0.6 is 11.6 Å². The summed E-state index contributed by atoms with van der Waals surface area (Å²) in [7, 11) is 2.09. The van der Waals surface area contributed by atoms with Gasteiger partial charge in [-0.1, -0.05) is 11.6 Å². The zero-order valence-electron chi connectivity index (χ0n) is 16.7. The average molecular weight is 403 g/mol. The molecule has 1 N–H and O–H groups in total. The van der Waals surface area contributed by atoms with Gasteiger partial charge in [-0.3, -0.25) is 0 Å². The summed E-state index contributed by atoms with van der Waals surface area (Å²) in [5.74, 6) is -0.281. The minimum absolute atomic E-state index is 0.122. The molecule has 5 nitrogen and oxygen atoms in total. The molecule has 0 radical (unpaired) electrons. The van der Waals surface area contributed by atoms with Crippen LogP contribution in [0.15, 0.2) is 42.5 Å². The second-order valence-electron chi connectivity index (χ2n) is 6.63. The first kappa shape index (κ1) is 21.8. The molecular weight excluding hydrogens is 376 g/mol. The van der Waals surface area contributed by atoms with E-state index in [-0.39, 0.29) is 12.0 Å². The monoisotopic (exact) mass is 402 g/mol. The summed E-state index contributed by atoms with van der Waals surface area (Å²) in [6.45, 7) is 5.84. The van der Waals surface area contributed by atoms with E-state index in [1.54, 1.807) is 0 Å². The van der Waals surface area contributed by atoms with Gasteiger partial charge in [0.1, 0.15) is 6.29 Å². The van der Waals surface area contributed by atoms with E-state index >= 15 is 0 Å². The molecule has 150 valence electrons. The summed E-state index contributed by atoms with van der Waals surface area (Å²) < 4.78 is 5.15. The van der Waals surface area contributed by atoms with E-state index in [9.17, 15) is 4.79 Å². The fourth-order valence-electron chi connectivity index (χ4n) is 3.24. The van der Waals surface area contributed by atoms with Crippen LogP contribution in [-0.2, 0) is 9.53 Å². The van der Waals surface area contributed by atoms with Crippen LogP contribution in [0.3, 0.4) is 0 Å². The maximum Gasteiger partial charge on any atom is 0.338 e. The Morgan fingerprint density at radius 1 is 1.29 bits per heavy atom. The number of benzene rings is 2. The SMILES string of the molecule is CC=O.CCOC(=O)c1ccc2c(c1)C(Nc1ccc(Cl)cc1)CC(C)N2C. The minimum Gasteiger partial charge on any atom is -0.462 e. The Labute approximate surface area is 171 Å². The van der Waals surface area contributed by atoms with Crippen molar-refractivity contribution < 1.29 is 14.3 Å². The number of carbonyl (C=O) groups is 2. The van der Waals surface area contributed by atoms with Crippen molar-refractivity contribution in [1.82, 2.24) is 0 Å². The van der Waals surface area contributed by atoms with Gasteiger partial charge >= 0.3 is 5.97 Å². The fraction of sp³-hybridized carbons (Fsp3) is 0.364. The summed E-state index contributed by atoms with van der Waals surface area (Å²) in [4.78, 5) is 23.2. The molecule has 3 rings (SSSR count). The molecule has 1 heterocycles. The second kappa shape index (κ2) is 10.1. The third-order valence-electron chi connectivity index (χ3n) is 4.72. The van der Waals surface area contributed by atoms with E-state index < -0.39 is 0 Å². The van der Waals surface area contributed by atoms with Gasteiger partial charge in [-0.2, -0.15) is 0 Å². The van der Waals surface area contributed by atoms with Crippen LogP contribution in [0.4, 0.5) is 11.4 Å². The molecule has 0 saturated heterocycles. The van der Waals surface area contributed by atoms with Crippen LogP contribution in [0.25, 0.3) is 0 Å². The molecular formula is C22H27ClN2O3. The number of ether oxygens (including phenoxy) is 1. The molecule has 0 aliphatic carbocycles. The largest absolute Gasteiger partial charge is 0.462 e. The van der Waals surface area contributed by atoms with Crippen LogP contribution in [0.1, 0.15) is 49.2 Å². The molecule has 2 aromatic carbocycles. The lowest BCUT2D eigenvalue weighted by Gasteiger charge is -2.39. The van der Waals surface area contributed by atoms with E-state index in [1.807, 2.05) is 49.4 Å². The summed E-state index contributed by atoms with van der Waals surface area (Å²) in [6.07, 6.45) is 1.69. The highest BCUT2D eigenvalue weighted by molar-refractivity contribution is 6.30. The Hall–Kier alpha value is -2.53. The molecule has 0 fully saturated rings. The number of nitrogens with one attached hydrogen (secondary N) is 1. The Morgan fingerprint density at radius 2 is 1.93 bits per heavy atom. The first-order chi connectivity index (χ1) is 13.4. The molecule has 0 amide bonds. The molecule has 2 aromatic rings. The van der Waals surface area contributed by atoms with Gasteiger partial charge in [-0.05, 0) is 75.2 Å². The van der Waals surface area contributed by atoms with Gasteiger partial charge in [0.25, 0.3) is 0 Å². The van der Waals surface area contributed by atoms with Crippen molar-refractivity contribution >= 4 is 35.2 Å². The molecule has 0 spiro atoms. The topological polar surface area (TPSA) is 58.6 Å². The fourth-order valence-corrected chi connectivity index (χ4v) is 3.37. The van der Waals surface area contributed by atoms with Crippen LogP contribution in [0, 0.1) is 0 Å². The van der Waals surface area contributed by atoms with Gasteiger partial charge in [0.05, 0.1) is 18.2 Å². The van der Waals surface area contributed by atoms with E-state index in [0.717, 1.165) is 29.6 Å². The highest BCUT2D eigenvalue weighted by atomic mass is 35.5. The van der Waals surface area contributed by atoms with Crippen molar-refractivity contribution in [2.45, 2.75) is 39.3 Å². The van der Waals surface area contributed by atoms with E-state index in [1.165, 1.54) is 6.92 Å². The highest BCUT2D eigenvalue weighted by Crippen LogP contribution is 2.38. The van der Waals surface area contributed by atoms with Gasteiger partial charge in [0.15, 0.2) is 0 Å². The maximum absolute atomic E-state index is 12.1. The number of esters is 1. The number of carbonyl (C=O) groups excluding carboxylic acids is 2. The lowest BCUT2D eigenvalue weighted by Crippen LogP contribution is -2.37. The normalized spacial score (nSPS) is 17.7. The standard InChI is InChI=1S/C20H23ClN2O2.C2H4O/c1-4-25-20(24)14-5-10-19-17(12-14)18(11-13(2)23(19)3)22-16-8-6-15(21)7-9-16;1-2-3/h5-10,12-13,18,22H,4,11H2,1-3H3;2H,1H3. The number of hydrogen-bond acceptors (Lipinski definition) is 5. The van der Waals surface area contributed by atoms with Crippen molar-refractivity contribution in [3.05, 3.63) is 58.6 Å². The Morgan fingerprint density at radius 3 is 2.54 bits per heavy atom. The summed E-state index contributed by atoms with van der Waals surface area (Å²) in [5, 5.41) is 4.29. The summed E-state index contributed by atoms with van der Waals surface area (Å²) in [6, 6.07) is 14.0. The third-order valence-corrected chi connectivity index (χ3v) is 4.97. The number of anilines is 2. The summed E-state index contributed by atoms with van der Waals surface area (Å²) in [5.41, 5.74) is 3.85. The predicted molar refractivity (Wildman–Crippen MR) is 114 cm³/mol. The number of fused-ring (bicyclic) bond motifs is 1. The Kier molecular flexibility index (Phi) is 7.88. The predicted octanol–water partition coefficient (Wildman–Crippen LogP) is 5.10. The van der Waals surface area contributed by atoms with Crippen LogP contribution in [0.2, 0.25) is 5.02 Å². The molecule has 0 saturated carbocycles. The van der Waals surface area contributed by atoms with Crippen molar-refractivity contribution in [2.75, 3.05) is 23.9 Å². The second-order valence-corrected chi connectivity index (χ2v) is 7.07. The number of rotatable bonds is 4. The zero-order chi connectivity index (χ0) is 20.7. The lowest BCUT2D eigenvalue weighted by atomic mass is 9.90. The maximum atomic E-state index is 12.1. The minimum atomic E-state index is -0.281. The third kappa shape index (κ3) is 5.26. The molecule has 2 unspecified atom stereocenters. The molecule has 28 heavy (non-hydrogen) atoms. The Bertz CT molecular complexity index is 808. The van der Waals surface area contributed by atoms with E-state index in [2.05, 4.69) is 24.2 Å². The highest BCUT2D eigenvalue weighted by Gasteiger charge is 2.29. The molecule has 1 aliphatic heterocycles. The van der Waals surface area contributed by atoms with Crippen LogP contribution in [0.5, 0.6) is 0 Å². The van der Waals surface area contributed by atoms with Crippen molar-refractivity contribution in [2.24, 2.45) is 0 Å². The first-order valence-corrected chi connectivity index (χ1v) is 9.74.